The monoisotopic (exact) mass is 426 g/mol. The number of benzene rings is 2. The lowest BCUT2D eigenvalue weighted by Gasteiger charge is -2.14. The molecule has 0 heterocycles. The number of anilines is 1. The van der Waals surface area contributed by atoms with Crippen molar-refractivity contribution in [2.75, 3.05) is 19.4 Å². The van der Waals surface area contributed by atoms with Gasteiger partial charge in [0, 0.05) is 28.9 Å². The third kappa shape index (κ3) is 4.67. The average Bonchev–Trinajstić information content (AvgIpc) is 2.50. The third-order valence-electron chi connectivity index (χ3n) is 2.79. The molecular formula is C16H15IN2O2S. The molecule has 0 bridgehead atoms. The van der Waals surface area contributed by atoms with Crippen LogP contribution >= 0.6 is 34.8 Å². The van der Waals surface area contributed by atoms with Gasteiger partial charge in [-0.15, -0.1) is 0 Å². The topological polar surface area (TPSA) is 41.6 Å². The fraction of sp³-hybridized carbons (Fsp3) is 0.125. The highest BCUT2D eigenvalue weighted by Crippen LogP contribution is 2.16. The molecule has 0 aliphatic rings. The molecule has 0 fully saturated rings. The van der Waals surface area contributed by atoms with Crippen molar-refractivity contribution in [1.82, 2.24) is 4.90 Å². The Hall–Kier alpha value is -1.67. The van der Waals surface area contributed by atoms with Crippen molar-refractivity contribution < 1.29 is 9.53 Å². The van der Waals surface area contributed by atoms with Crippen LogP contribution in [0.5, 0.6) is 5.75 Å². The van der Waals surface area contributed by atoms with Gasteiger partial charge in [0.25, 0.3) is 11.1 Å². The summed E-state index contributed by atoms with van der Waals surface area (Å²) in [5.74, 6) is 0.437. The second kappa shape index (κ2) is 7.55. The molecule has 6 heteroatoms. The van der Waals surface area contributed by atoms with Crippen LogP contribution in [0.3, 0.4) is 0 Å². The number of hydrogen-bond donors (Lipinski definition) is 1. The van der Waals surface area contributed by atoms with Crippen molar-refractivity contribution in [2.24, 2.45) is 0 Å². The summed E-state index contributed by atoms with van der Waals surface area (Å²) < 4.78 is 6.59. The Morgan fingerprint density at radius 1 is 1.09 bits per heavy atom. The van der Waals surface area contributed by atoms with E-state index in [1.54, 1.807) is 29.2 Å². The molecular weight excluding hydrogens is 411 g/mol. The molecule has 2 rings (SSSR count). The van der Waals surface area contributed by atoms with Gasteiger partial charge in [-0.05, 0) is 83.3 Å². The van der Waals surface area contributed by atoms with Gasteiger partial charge in [-0.1, -0.05) is 0 Å². The summed E-state index contributed by atoms with van der Waals surface area (Å²) in [5, 5.41) is 3.22. The van der Waals surface area contributed by atoms with E-state index in [0.29, 0.717) is 16.5 Å². The molecule has 1 N–H and O–H groups in total. The average molecular weight is 426 g/mol. The van der Waals surface area contributed by atoms with Crippen LogP contribution in [0.15, 0.2) is 48.5 Å². The van der Waals surface area contributed by atoms with Crippen LogP contribution in [0.25, 0.3) is 0 Å². The molecule has 22 heavy (non-hydrogen) atoms. The van der Waals surface area contributed by atoms with E-state index >= 15 is 0 Å². The van der Waals surface area contributed by atoms with E-state index in [4.69, 9.17) is 17.0 Å². The van der Waals surface area contributed by atoms with Gasteiger partial charge in [-0.3, -0.25) is 4.79 Å². The molecule has 0 spiro atoms. The number of nitrogens with zero attached hydrogens (tertiary/aromatic N) is 1. The first kappa shape index (κ1) is 16.7. The molecule has 0 radical (unpaired) electrons. The molecule has 1 amide bonds. The molecule has 0 unspecified atom stereocenters. The van der Waals surface area contributed by atoms with Gasteiger partial charge >= 0.3 is 0 Å². The van der Waals surface area contributed by atoms with E-state index in [1.807, 2.05) is 38.4 Å². The molecule has 114 valence electrons. The van der Waals surface area contributed by atoms with Crippen molar-refractivity contribution in [3.63, 3.8) is 0 Å². The Labute approximate surface area is 148 Å². The molecule has 2 aromatic carbocycles. The van der Waals surface area contributed by atoms with Crippen LogP contribution in [0.1, 0.15) is 10.4 Å². The highest BCUT2D eigenvalue weighted by atomic mass is 127. The van der Waals surface area contributed by atoms with Crippen LogP contribution < -0.4 is 10.1 Å². The SMILES string of the molecule is CN(C)C(=S)Oc1ccc(C(=O)Nc2ccc(I)cc2)cc1. The zero-order chi connectivity index (χ0) is 16.1. The summed E-state index contributed by atoms with van der Waals surface area (Å²) in [6.07, 6.45) is 0. The van der Waals surface area contributed by atoms with E-state index in [0.717, 1.165) is 9.26 Å². The zero-order valence-corrected chi connectivity index (χ0v) is 15.1. The van der Waals surface area contributed by atoms with Crippen molar-refractivity contribution in [3.05, 3.63) is 57.7 Å². The minimum absolute atomic E-state index is 0.164. The molecule has 0 aromatic heterocycles. The predicted octanol–water partition coefficient (Wildman–Crippen LogP) is 3.77. The molecule has 0 aliphatic carbocycles. The number of amides is 1. The van der Waals surface area contributed by atoms with Gasteiger partial charge < -0.3 is 15.0 Å². The summed E-state index contributed by atoms with van der Waals surface area (Å²) >= 11 is 7.28. The van der Waals surface area contributed by atoms with Crippen molar-refractivity contribution in [1.29, 1.82) is 0 Å². The maximum absolute atomic E-state index is 12.2. The van der Waals surface area contributed by atoms with E-state index in [2.05, 4.69) is 27.9 Å². The second-order valence-electron chi connectivity index (χ2n) is 4.75. The fourth-order valence-electron chi connectivity index (χ4n) is 1.60. The van der Waals surface area contributed by atoms with Gasteiger partial charge in [0.05, 0.1) is 0 Å². The van der Waals surface area contributed by atoms with E-state index in [1.165, 1.54) is 0 Å². The van der Waals surface area contributed by atoms with Gasteiger partial charge in [0.15, 0.2) is 0 Å². The van der Waals surface area contributed by atoms with E-state index in [9.17, 15) is 4.79 Å². The molecule has 2 aromatic rings. The lowest BCUT2D eigenvalue weighted by atomic mass is 10.2. The summed E-state index contributed by atoms with van der Waals surface area (Å²) in [6, 6.07) is 14.5. The van der Waals surface area contributed by atoms with Gasteiger partial charge in [0.1, 0.15) is 5.75 Å². The van der Waals surface area contributed by atoms with Crippen molar-refractivity contribution >= 4 is 51.6 Å². The first-order chi connectivity index (χ1) is 10.5. The normalized spacial score (nSPS) is 9.95. The van der Waals surface area contributed by atoms with Crippen LogP contribution in [-0.2, 0) is 0 Å². The summed E-state index contributed by atoms with van der Waals surface area (Å²) in [7, 11) is 3.62. The van der Waals surface area contributed by atoms with Crippen LogP contribution in [0, 0.1) is 3.57 Å². The van der Waals surface area contributed by atoms with Crippen LogP contribution in [-0.4, -0.2) is 30.1 Å². The van der Waals surface area contributed by atoms with Gasteiger partial charge in [-0.25, -0.2) is 0 Å². The molecule has 4 nitrogen and oxygen atoms in total. The minimum Gasteiger partial charge on any atom is -0.432 e. The summed E-state index contributed by atoms with van der Waals surface area (Å²) in [4.78, 5) is 13.9. The lowest BCUT2D eigenvalue weighted by Crippen LogP contribution is -2.25. The van der Waals surface area contributed by atoms with Crippen LogP contribution in [0.4, 0.5) is 5.69 Å². The molecule has 0 atom stereocenters. The minimum atomic E-state index is -0.164. The number of carbonyl (C=O) groups is 1. The van der Waals surface area contributed by atoms with Gasteiger partial charge in [0.2, 0.25) is 0 Å². The number of thiocarbonyl (C=S) groups is 1. The highest BCUT2D eigenvalue weighted by Gasteiger charge is 2.07. The Kier molecular flexibility index (Phi) is 5.73. The van der Waals surface area contributed by atoms with E-state index < -0.39 is 0 Å². The summed E-state index contributed by atoms with van der Waals surface area (Å²) in [6.45, 7) is 0. The third-order valence-corrected chi connectivity index (χ3v) is 3.96. The van der Waals surface area contributed by atoms with Crippen LogP contribution in [0.2, 0.25) is 0 Å². The number of carbonyl (C=O) groups excluding carboxylic acids is 1. The smallest absolute Gasteiger partial charge is 0.264 e. The molecule has 0 saturated carbocycles. The maximum Gasteiger partial charge on any atom is 0.264 e. The largest absolute Gasteiger partial charge is 0.432 e. The highest BCUT2D eigenvalue weighted by molar-refractivity contribution is 14.1. The Bertz CT molecular complexity index is 670. The zero-order valence-electron chi connectivity index (χ0n) is 12.2. The van der Waals surface area contributed by atoms with Crippen molar-refractivity contribution in [3.8, 4) is 5.75 Å². The number of nitrogens with one attached hydrogen (secondary N) is 1. The Morgan fingerprint density at radius 2 is 1.68 bits per heavy atom. The van der Waals surface area contributed by atoms with E-state index in [-0.39, 0.29) is 5.91 Å². The molecule has 0 aliphatic heterocycles. The first-order valence-corrected chi connectivity index (χ1v) is 8.00. The molecule has 0 saturated heterocycles. The second-order valence-corrected chi connectivity index (χ2v) is 6.34. The quantitative estimate of drug-likeness (QED) is 0.600. The maximum atomic E-state index is 12.2. The predicted molar refractivity (Wildman–Crippen MR) is 100 cm³/mol. The summed E-state index contributed by atoms with van der Waals surface area (Å²) in [5.41, 5.74) is 1.32. The van der Waals surface area contributed by atoms with Gasteiger partial charge in [-0.2, -0.15) is 0 Å². The number of rotatable bonds is 3. The Balaban J connectivity index is 2.02. The number of halogens is 1. The van der Waals surface area contributed by atoms with Crippen molar-refractivity contribution in [2.45, 2.75) is 0 Å². The fourth-order valence-corrected chi connectivity index (χ4v) is 2.06. The standard InChI is InChI=1S/C16H15IN2O2S/c1-19(2)16(22)21-14-9-3-11(4-10-14)15(20)18-13-7-5-12(17)6-8-13/h3-10H,1-2H3,(H,18,20). The lowest BCUT2D eigenvalue weighted by molar-refractivity contribution is 0.102. The Morgan fingerprint density at radius 3 is 2.23 bits per heavy atom. The number of hydrogen-bond acceptors (Lipinski definition) is 3. The first-order valence-electron chi connectivity index (χ1n) is 6.52. The number of ether oxygens (including phenoxy) is 1.